The van der Waals surface area contributed by atoms with Crippen molar-refractivity contribution < 1.29 is 4.79 Å². The molecule has 1 aliphatic heterocycles. The SMILES string of the molecule is O=CN1CCN(c2ccc(Br)cn2)CC1. The van der Waals surface area contributed by atoms with Crippen molar-refractivity contribution in [3.63, 3.8) is 0 Å². The van der Waals surface area contributed by atoms with Crippen LogP contribution < -0.4 is 4.90 Å². The molecule has 2 heterocycles. The van der Waals surface area contributed by atoms with Gasteiger partial charge < -0.3 is 9.80 Å². The fourth-order valence-corrected chi connectivity index (χ4v) is 1.85. The third-order valence-electron chi connectivity index (χ3n) is 2.50. The lowest BCUT2D eigenvalue weighted by molar-refractivity contribution is -0.118. The summed E-state index contributed by atoms with van der Waals surface area (Å²) < 4.78 is 0.984. The first-order chi connectivity index (χ1) is 7.29. The third-order valence-corrected chi connectivity index (χ3v) is 2.97. The Kier molecular flexibility index (Phi) is 3.20. The zero-order valence-corrected chi connectivity index (χ0v) is 9.85. The highest BCUT2D eigenvalue weighted by Gasteiger charge is 2.16. The summed E-state index contributed by atoms with van der Waals surface area (Å²) in [4.78, 5) is 18.8. The molecule has 2 rings (SSSR count). The van der Waals surface area contributed by atoms with E-state index in [1.54, 1.807) is 11.1 Å². The molecule has 0 saturated carbocycles. The fourth-order valence-electron chi connectivity index (χ4n) is 1.61. The Morgan fingerprint density at radius 3 is 2.53 bits per heavy atom. The fraction of sp³-hybridized carbons (Fsp3) is 0.400. The van der Waals surface area contributed by atoms with Gasteiger partial charge in [0.2, 0.25) is 6.41 Å². The number of pyridine rings is 1. The Morgan fingerprint density at radius 2 is 2.00 bits per heavy atom. The Bertz CT molecular complexity index is 333. The van der Waals surface area contributed by atoms with E-state index in [1.165, 1.54) is 0 Å². The normalized spacial score (nSPS) is 16.6. The van der Waals surface area contributed by atoms with Crippen molar-refractivity contribution in [1.29, 1.82) is 0 Å². The summed E-state index contributed by atoms with van der Waals surface area (Å²) in [6.07, 6.45) is 2.70. The summed E-state index contributed by atoms with van der Waals surface area (Å²) in [6.45, 7) is 3.27. The highest BCUT2D eigenvalue weighted by molar-refractivity contribution is 9.10. The second-order valence-corrected chi connectivity index (χ2v) is 4.38. The summed E-state index contributed by atoms with van der Waals surface area (Å²) in [5.41, 5.74) is 0. The van der Waals surface area contributed by atoms with E-state index >= 15 is 0 Å². The minimum absolute atomic E-state index is 0.779. The van der Waals surface area contributed by atoms with Gasteiger partial charge in [-0.05, 0) is 28.1 Å². The van der Waals surface area contributed by atoms with Crippen LogP contribution in [-0.4, -0.2) is 42.5 Å². The number of aromatic nitrogens is 1. The molecule has 1 aromatic heterocycles. The minimum Gasteiger partial charge on any atom is -0.353 e. The maximum absolute atomic E-state index is 10.5. The quantitative estimate of drug-likeness (QED) is 0.756. The van der Waals surface area contributed by atoms with Gasteiger partial charge in [0.25, 0.3) is 0 Å². The Hall–Kier alpha value is -1.10. The summed E-state index contributed by atoms with van der Waals surface area (Å²) >= 11 is 3.35. The Morgan fingerprint density at radius 1 is 1.27 bits per heavy atom. The molecule has 1 fully saturated rings. The average molecular weight is 270 g/mol. The topological polar surface area (TPSA) is 36.4 Å². The van der Waals surface area contributed by atoms with Gasteiger partial charge >= 0.3 is 0 Å². The predicted molar refractivity (Wildman–Crippen MR) is 61.8 cm³/mol. The van der Waals surface area contributed by atoms with E-state index in [-0.39, 0.29) is 0 Å². The molecule has 1 aliphatic rings. The smallest absolute Gasteiger partial charge is 0.209 e. The predicted octanol–water partition coefficient (Wildman–Crippen LogP) is 1.12. The van der Waals surface area contributed by atoms with Crippen LogP contribution in [0, 0.1) is 0 Å². The van der Waals surface area contributed by atoms with Gasteiger partial charge in [0.05, 0.1) is 0 Å². The largest absolute Gasteiger partial charge is 0.353 e. The van der Waals surface area contributed by atoms with Crippen LogP contribution in [0.25, 0.3) is 0 Å². The molecule has 0 spiro atoms. The second kappa shape index (κ2) is 4.61. The van der Waals surface area contributed by atoms with Gasteiger partial charge in [-0.15, -0.1) is 0 Å². The number of hydrogen-bond donors (Lipinski definition) is 0. The number of piperazine rings is 1. The van der Waals surface area contributed by atoms with Gasteiger partial charge in [0, 0.05) is 36.8 Å². The lowest BCUT2D eigenvalue weighted by Crippen LogP contribution is -2.45. The minimum atomic E-state index is 0.779. The first kappa shape index (κ1) is 10.4. The number of amides is 1. The van der Waals surface area contributed by atoms with Crippen LogP contribution in [-0.2, 0) is 4.79 Å². The molecular formula is C10H12BrN3O. The van der Waals surface area contributed by atoms with Crippen molar-refractivity contribution >= 4 is 28.2 Å². The van der Waals surface area contributed by atoms with Crippen molar-refractivity contribution in [1.82, 2.24) is 9.88 Å². The first-order valence-corrected chi connectivity index (χ1v) is 5.65. The van der Waals surface area contributed by atoms with Crippen molar-refractivity contribution in [2.24, 2.45) is 0 Å². The molecule has 0 bridgehead atoms. The number of anilines is 1. The molecule has 1 saturated heterocycles. The molecule has 15 heavy (non-hydrogen) atoms. The zero-order chi connectivity index (χ0) is 10.7. The molecule has 0 radical (unpaired) electrons. The molecule has 4 nitrogen and oxygen atoms in total. The molecule has 1 amide bonds. The van der Waals surface area contributed by atoms with E-state index in [4.69, 9.17) is 0 Å². The van der Waals surface area contributed by atoms with Gasteiger partial charge in [-0.2, -0.15) is 0 Å². The number of carbonyl (C=O) groups excluding carboxylic acids is 1. The summed E-state index contributed by atoms with van der Waals surface area (Å²) in [7, 11) is 0. The monoisotopic (exact) mass is 269 g/mol. The lowest BCUT2D eigenvalue weighted by Gasteiger charge is -2.33. The van der Waals surface area contributed by atoms with Crippen molar-refractivity contribution in [2.75, 3.05) is 31.1 Å². The Balaban J connectivity index is 2.01. The second-order valence-electron chi connectivity index (χ2n) is 3.46. The summed E-state index contributed by atoms with van der Waals surface area (Å²) in [5.74, 6) is 0.976. The van der Waals surface area contributed by atoms with Crippen LogP contribution >= 0.6 is 15.9 Å². The van der Waals surface area contributed by atoms with Crippen LogP contribution in [0.1, 0.15) is 0 Å². The van der Waals surface area contributed by atoms with Gasteiger partial charge in [-0.1, -0.05) is 0 Å². The maximum Gasteiger partial charge on any atom is 0.209 e. The lowest BCUT2D eigenvalue weighted by atomic mass is 10.3. The van der Waals surface area contributed by atoms with Crippen LogP contribution in [0.2, 0.25) is 0 Å². The number of carbonyl (C=O) groups is 1. The van der Waals surface area contributed by atoms with Crippen molar-refractivity contribution in [2.45, 2.75) is 0 Å². The highest BCUT2D eigenvalue weighted by atomic mass is 79.9. The van der Waals surface area contributed by atoms with E-state index in [2.05, 4.69) is 25.8 Å². The molecular weight excluding hydrogens is 258 g/mol. The summed E-state index contributed by atoms with van der Waals surface area (Å²) in [5, 5.41) is 0. The third kappa shape index (κ3) is 2.47. The van der Waals surface area contributed by atoms with E-state index in [0.717, 1.165) is 42.9 Å². The number of halogens is 1. The van der Waals surface area contributed by atoms with Crippen molar-refractivity contribution in [3.8, 4) is 0 Å². The summed E-state index contributed by atoms with van der Waals surface area (Å²) in [6, 6.07) is 3.97. The number of nitrogens with zero attached hydrogens (tertiary/aromatic N) is 3. The van der Waals surface area contributed by atoms with E-state index in [9.17, 15) is 4.79 Å². The van der Waals surface area contributed by atoms with Crippen LogP contribution in [0.3, 0.4) is 0 Å². The standard InChI is InChI=1S/C10H12BrN3O/c11-9-1-2-10(12-7-9)14-5-3-13(8-15)4-6-14/h1-2,7-8H,3-6H2. The van der Waals surface area contributed by atoms with Gasteiger partial charge in [-0.3, -0.25) is 4.79 Å². The van der Waals surface area contributed by atoms with Gasteiger partial charge in [0.1, 0.15) is 5.82 Å². The van der Waals surface area contributed by atoms with Crippen LogP contribution in [0.4, 0.5) is 5.82 Å². The molecule has 0 aliphatic carbocycles. The van der Waals surface area contributed by atoms with E-state index < -0.39 is 0 Å². The Labute approximate surface area is 97.0 Å². The molecule has 1 aromatic rings. The first-order valence-electron chi connectivity index (χ1n) is 4.85. The highest BCUT2D eigenvalue weighted by Crippen LogP contribution is 2.15. The zero-order valence-electron chi connectivity index (χ0n) is 8.27. The van der Waals surface area contributed by atoms with Crippen molar-refractivity contribution in [3.05, 3.63) is 22.8 Å². The van der Waals surface area contributed by atoms with Gasteiger partial charge in [0.15, 0.2) is 0 Å². The molecule has 0 N–H and O–H groups in total. The van der Waals surface area contributed by atoms with E-state index in [1.807, 2.05) is 12.1 Å². The number of rotatable bonds is 2. The average Bonchev–Trinajstić information content (AvgIpc) is 2.30. The maximum atomic E-state index is 10.5. The molecule has 80 valence electrons. The van der Waals surface area contributed by atoms with Gasteiger partial charge in [-0.25, -0.2) is 4.98 Å². The molecule has 0 unspecified atom stereocenters. The number of hydrogen-bond acceptors (Lipinski definition) is 3. The van der Waals surface area contributed by atoms with Crippen LogP contribution in [0.15, 0.2) is 22.8 Å². The van der Waals surface area contributed by atoms with Crippen LogP contribution in [0.5, 0.6) is 0 Å². The molecule has 0 atom stereocenters. The molecule has 5 heteroatoms. The molecule has 0 aromatic carbocycles. The van der Waals surface area contributed by atoms with E-state index in [0.29, 0.717) is 0 Å².